The van der Waals surface area contributed by atoms with Gasteiger partial charge in [-0.05, 0) is 35.9 Å². The molecular formula is C23H20FN5O2S. The summed E-state index contributed by atoms with van der Waals surface area (Å²) in [7, 11) is 0. The summed E-state index contributed by atoms with van der Waals surface area (Å²) in [5.41, 5.74) is 1.02. The smallest absolute Gasteiger partial charge is 0.234 e. The molecule has 7 nitrogen and oxygen atoms in total. The number of para-hydroxylation sites is 3. The number of benzene rings is 3. The van der Waals surface area contributed by atoms with Gasteiger partial charge < -0.3 is 15.9 Å². The van der Waals surface area contributed by atoms with E-state index in [0.29, 0.717) is 33.7 Å². The van der Waals surface area contributed by atoms with Gasteiger partial charge in [0.05, 0.1) is 11.4 Å². The van der Waals surface area contributed by atoms with Gasteiger partial charge in [0, 0.05) is 6.42 Å². The molecule has 4 rings (SSSR count). The summed E-state index contributed by atoms with van der Waals surface area (Å²) in [5.74, 6) is 7.13. The van der Waals surface area contributed by atoms with E-state index in [1.807, 2.05) is 42.5 Å². The quantitative estimate of drug-likeness (QED) is 0.309. The third kappa shape index (κ3) is 5.25. The average molecular weight is 450 g/mol. The molecule has 0 fully saturated rings. The Morgan fingerprint density at radius 1 is 1.00 bits per heavy atom. The first-order chi connectivity index (χ1) is 15.6. The van der Waals surface area contributed by atoms with Crippen LogP contribution in [0.25, 0.3) is 0 Å². The lowest BCUT2D eigenvalue weighted by molar-refractivity contribution is -0.113. The zero-order valence-electron chi connectivity index (χ0n) is 16.9. The second kappa shape index (κ2) is 9.97. The molecule has 0 bridgehead atoms. The van der Waals surface area contributed by atoms with Crippen LogP contribution in [0.4, 0.5) is 10.1 Å². The van der Waals surface area contributed by atoms with Crippen molar-refractivity contribution in [2.45, 2.75) is 11.6 Å². The summed E-state index contributed by atoms with van der Waals surface area (Å²) >= 11 is 1.14. The lowest BCUT2D eigenvalue weighted by atomic mass is 10.1. The standard InChI is InChI=1S/C23H20FN5O2S/c24-18-11-5-4-8-16(18)14-21-27-28-23(29(21)25)32-15-22(30)26-19-12-6-7-13-20(19)31-17-9-2-1-3-10-17/h1-13H,14-15,25H2,(H,26,30). The number of carbonyl (C=O) groups is 1. The monoisotopic (exact) mass is 449 g/mol. The van der Waals surface area contributed by atoms with Crippen LogP contribution >= 0.6 is 11.8 Å². The number of nitrogens with two attached hydrogens (primary N) is 1. The largest absolute Gasteiger partial charge is 0.455 e. The summed E-state index contributed by atoms with van der Waals surface area (Å²) in [6, 6.07) is 22.9. The van der Waals surface area contributed by atoms with E-state index < -0.39 is 0 Å². The molecule has 0 aliphatic rings. The fourth-order valence-corrected chi connectivity index (χ4v) is 3.60. The highest BCUT2D eigenvalue weighted by molar-refractivity contribution is 7.99. The number of aromatic nitrogens is 3. The zero-order valence-corrected chi connectivity index (χ0v) is 17.8. The Balaban J connectivity index is 1.37. The van der Waals surface area contributed by atoms with Gasteiger partial charge in [-0.2, -0.15) is 0 Å². The van der Waals surface area contributed by atoms with Crippen molar-refractivity contribution < 1.29 is 13.9 Å². The Hall–Kier alpha value is -3.85. The molecule has 9 heteroatoms. The third-order valence-electron chi connectivity index (χ3n) is 4.51. The molecule has 162 valence electrons. The maximum absolute atomic E-state index is 13.9. The summed E-state index contributed by atoms with van der Waals surface area (Å²) in [6.07, 6.45) is 0.202. The molecule has 0 aliphatic heterocycles. The SMILES string of the molecule is Nn1c(Cc2ccccc2F)nnc1SCC(=O)Nc1ccccc1Oc1ccccc1. The van der Waals surface area contributed by atoms with Crippen LogP contribution in [0.1, 0.15) is 11.4 Å². The molecular weight excluding hydrogens is 429 g/mol. The van der Waals surface area contributed by atoms with Crippen molar-refractivity contribution in [2.75, 3.05) is 16.9 Å². The van der Waals surface area contributed by atoms with Crippen molar-refractivity contribution in [3.05, 3.63) is 96.1 Å². The number of anilines is 1. The van der Waals surface area contributed by atoms with Crippen LogP contribution < -0.4 is 15.9 Å². The molecule has 0 atom stereocenters. The maximum Gasteiger partial charge on any atom is 0.234 e. The first-order valence-corrected chi connectivity index (χ1v) is 10.8. The molecule has 0 aliphatic carbocycles. The average Bonchev–Trinajstić information content (AvgIpc) is 3.15. The molecule has 1 aromatic heterocycles. The van der Waals surface area contributed by atoms with Crippen LogP contribution in [0.2, 0.25) is 0 Å². The predicted octanol–water partition coefficient (Wildman–Crippen LogP) is 4.24. The van der Waals surface area contributed by atoms with Gasteiger partial charge in [0.2, 0.25) is 11.1 Å². The van der Waals surface area contributed by atoms with Crippen LogP contribution in [-0.4, -0.2) is 26.5 Å². The Labute approximate surface area is 188 Å². The molecule has 3 N–H and O–H groups in total. The van der Waals surface area contributed by atoms with Gasteiger partial charge in [-0.1, -0.05) is 60.3 Å². The maximum atomic E-state index is 13.9. The number of halogens is 1. The molecule has 3 aromatic carbocycles. The molecule has 1 amide bonds. The topological polar surface area (TPSA) is 95.1 Å². The highest BCUT2D eigenvalue weighted by Gasteiger charge is 2.15. The number of hydrogen-bond acceptors (Lipinski definition) is 6. The Kier molecular flexibility index (Phi) is 6.66. The van der Waals surface area contributed by atoms with Gasteiger partial charge in [0.1, 0.15) is 11.6 Å². The van der Waals surface area contributed by atoms with Crippen molar-refractivity contribution in [1.29, 1.82) is 0 Å². The van der Waals surface area contributed by atoms with Crippen LogP contribution in [-0.2, 0) is 11.2 Å². The van der Waals surface area contributed by atoms with Crippen molar-refractivity contribution >= 4 is 23.4 Å². The number of carbonyl (C=O) groups excluding carboxylic acids is 1. The van der Waals surface area contributed by atoms with E-state index in [1.54, 1.807) is 30.3 Å². The fraction of sp³-hybridized carbons (Fsp3) is 0.0870. The van der Waals surface area contributed by atoms with E-state index in [-0.39, 0.29) is 23.9 Å². The first kappa shape index (κ1) is 21.4. The van der Waals surface area contributed by atoms with Gasteiger partial charge in [0.15, 0.2) is 11.6 Å². The summed E-state index contributed by atoms with van der Waals surface area (Å²) < 4.78 is 21.0. The molecule has 4 aromatic rings. The minimum Gasteiger partial charge on any atom is -0.455 e. The van der Waals surface area contributed by atoms with Gasteiger partial charge in [-0.15, -0.1) is 10.2 Å². The van der Waals surface area contributed by atoms with E-state index in [0.717, 1.165) is 11.8 Å². The van der Waals surface area contributed by atoms with E-state index in [2.05, 4.69) is 15.5 Å². The van der Waals surface area contributed by atoms with Crippen LogP contribution in [0.15, 0.2) is 84.0 Å². The van der Waals surface area contributed by atoms with Gasteiger partial charge in [0.25, 0.3) is 0 Å². The molecule has 0 saturated heterocycles. The molecule has 0 unspecified atom stereocenters. The molecule has 32 heavy (non-hydrogen) atoms. The number of thioether (sulfide) groups is 1. The number of nitrogens with one attached hydrogen (secondary N) is 1. The third-order valence-corrected chi connectivity index (χ3v) is 5.45. The normalized spacial score (nSPS) is 10.7. The Morgan fingerprint density at radius 3 is 2.53 bits per heavy atom. The Bertz CT molecular complexity index is 1220. The fourth-order valence-electron chi connectivity index (χ4n) is 2.93. The second-order valence-corrected chi connectivity index (χ2v) is 7.73. The lowest BCUT2D eigenvalue weighted by Gasteiger charge is -2.12. The van der Waals surface area contributed by atoms with E-state index >= 15 is 0 Å². The minimum atomic E-state index is -0.333. The van der Waals surface area contributed by atoms with Crippen LogP contribution in [0, 0.1) is 5.82 Å². The van der Waals surface area contributed by atoms with E-state index in [1.165, 1.54) is 10.7 Å². The summed E-state index contributed by atoms with van der Waals surface area (Å²) in [4.78, 5) is 12.5. The van der Waals surface area contributed by atoms with Crippen LogP contribution in [0.3, 0.4) is 0 Å². The second-order valence-electron chi connectivity index (χ2n) is 6.79. The van der Waals surface area contributed by atoms with Gasteiger partial charge in [-0.3, -0.25) is 4.79 Å². The predicted molar refractivity (Wildman–Crippen MR) is 122 cm³/mol. The van der Waals surface area contributed by atoms with E-state index in [9.17, 15) is 9.18 Å². The molecule has 0 radical (unpaired) electrons. The van der Waals surface area contributed by atoms with Crippen molar-refractivity contribution in [1.82, 2.24) is 14.9 Å². The van der Waals surface area contributed by atoms with Crippen molar-refractivity contribution in [2.24, 2.45) is 0 Å². The minimum absolute atomic E-state index is 0.0642. The summed E-state index contributed by atoms with van der Waals surface area (Å²) in [5, 5.41) is 11.2. The molecule has 0 saturated carbocycles. The van der Waals surface area contributed by atoms with Crippen molar-refractivity contribution in [3.63, 3.8) is 0 Å². The van der Waals surface area contributed by atoms with Gasteiger partial charge in [-0.25, -0.2) is 9.07 Å². The molecule has 0 spiro atoms. The number of ether oxygens (including phenoxy) is 1. The lowest BCUT2D eigenvalue weighted by Crippen LogP contribution is -2.17. The number of nitrogens with zero attached hydrogens (tertiary/aromatic N) is 3. The number of amides is 1. The van der Waals surface area contributed by atoms with E-state index in [4.69, 9.17) is 10.6 Å². The van der Waals surface area contributed by atoms with Crippen LogP contribution in [0.5, 0.6) is 11.5 Å². The highest BCUT2D eigenvalue weighted by Crippen LogP contribution is 2.29. The number of rotatable bonds is 8. The molecule has 1 heterocycles. The Morgan fingerprint density at radius 2 is 1.72 bits per heavy atom. The van der Waals surface area contributed by atoms with Crippen molar-refractivity contribution in [3.8, 4) is 11.5 Å². The van der Waals surface area contributed by atoms with Gasteiger partial charge >= 0.3 is 0 Å². The first-order valence-electron chi connectivity index (χ1n) is 9.77. The number of nitrogen functional groups attached to an aromatic ring is 1. The highest BCUT2D eigenvalue weighted by atomic mass is 32.2. The zero-order chi connectivity index (χ0) is 22.3. The summed E-state index contributed by atoms with van der Waals surface area (Å²) in [6.45, 7) is 0. The number of hydrogen-bond donors (Lipinski definition) is 2.